The summed E-state index contributed by atoms with van der Waals surface area (Å²) in [6.07, 6.45) is 19.9. The molecular formula is C51H60N4O. The maximum absolute atomic E-state index is 6.90. The number of pyridine rings is 1. The van der Waals surface area contributed by atoms with Crippen LogP contribution in [0.2, 0.25) is 0 Å². The Hall–Kier alpha value is -4.64. The van der Waals surface area contributed by atoms with E-state index in [1.165, 1.54) is 110 Å². The van der Waals surface area contributed by atoms with Crippen molar-refractivity contribution in [3.8, 4) is 23.0 Å². The molecule has 5 nitrogen and oxygen atoms in total. The zero-order chi connectivity index (χ0) is 38.6. The molecule has 0 amide bonds. The molecule has 3 heterocycles. The summed E-state index contributed by atoms with van der Waals surface area (Å²) in [6, 6.07) is 26.3. The van der Waals surface area contributed by atoms with Gasteiger partial charge in [0, 0.05) is 52.4 Å². The Bertz CT molecular complexity index is 2410. The molecule has 0 radical (unpaired) electrons. The second-order valence-corrected chi connectivity index (χ2v) is 18.5. The molecule has 3 aromatic carbocycles. The highest BCUT2D eigenvalue weighted by molar-refractivity contribution is 6.09. The first-order valence-electron chi connectivity index (χ1n) is 21.7. The molecule has 56 heavy (non-hydrogen) atoms. The predicted octanol–water partition coefficient (Wildman–Crippen LogP) is 14.3. The molecule has 0 spiro atoms. The minimum atomic E-state index is 0.0150. The van der Waals surface area contributed by atoms with Gasteiger partial charge in [0.15, 0.2) is 0 Å². The lowest BCUT2D eigenvalue weighted by Crippen LogP contribution is -2.21. The molecule has 6 aromatic rings. The number of hydrogen-bond acceptors (Lipinski definition) is 3. The molecule has 0 unspecified atom stereocenters. The standard InChI is InChI=1S/C51H60N4O/c1-33-28-39(55-50(37-20-11-8-12-21-37)48(47-34(2)16-15-17-35(47)3)49(53-55)36-18-9-7-10-19-36)31-41(29-33)56-40-24-25-43-42-22-13-14-23-44(42)54(45(43)32-40)46-30-38(26-27-52-46)51(4,5)6/h13-14,16,22-32,35-37,47H,7-12,15,17-21H2,1-6H3/t35-,47+/m0/s1. The number of aryl methyl sites for hydroxylation is 1. The minimum Gasteiger partial charge on any atom is -0.457 e. The van der Waals surface area contributed by atoms with Crippen LogP contribution in [0.4, 0.5) is 0 Å². The van der Waals surface area contributed by atoms with Crippen LogP contribution < -0.4 is 4.74 Å². The van der Waals surface area contributed by atoms with Gasteiger partial charge in [-0.05, 0) is 117 Å². The van der Waals surface area contributed by atoms with E-state index in [9.17, 15) is 0 Å². The molecule has 3 aliphatic rings. The number of hydrogen-bond donors (Lipinski definition) is 0. The van der Waals surface area contributed by atoms with E-state index in [1.54, 1.807) is 11.1 Å². The highest BCUT2D eigenvalue weighted by atomic mass is 16.5. The van der Waals surface area contributed by atoms with Gasteiger partial charge in [-0.2, -0.15) is 5.10 Å². The molecule has 2 fully saturated rings. The molecule has 3 aromatic heterocycles. The van der Waals surface area contributed by atoms with Gasteiger partial charge in [0.1, 0.15) is 17.3 Å². The summed E-state index contributed by atoms with van der Waals surface area (Å²) in [5.41, 5.74) is 11.9. The van der Waals surface area contributed by atoms with Crippen molar-refractivity contribution in [1.29, 1.82) is 0 Å². The van der Waals surface area contributed by atoms with E-state index in [1.807, 2.05) is 6.20 Å². The van der Waals surface area contributed by atoms with Crippen LogP contribution in [0.1, 0.15) is 158 Å². The van der Waals surface area contributed by atoms with E-state index in [-0.39, 0.29) is 5.41 Å². The van der Waals surface area contributed by atoms with Crippen LogP contribution in [0.3, 0.4) is 0 Å². The number of nitrogens with zero attached hydrogens (tertiary/aromatic N) is 4. The third-order valence-electron chi connectivity index (χ3n) is 13.4. The average Bonchev–Trinajstić information content (AvgIpc) is 3.74. The Labute approximate surface area is 334 Å². The smallest absolute Gasteiger partial charge is 0.137 e. The topological polar surface area (TPSA) is 44.9 Å². The third-order valence-corrected chi connectivity index (χ3v) is 13.4. The van der Waals surface area contributed by atoms with Crippen molar-refractivity contribution in [3.63, 3.8) is 0 Å². The first-order chi connectivity index (χ1) is 27.1. The zero-order valence-corrected chi connectivity index (χ0v) is 34.6. The monoisotopic (exact) mass is 744 g/mol. The highest BCUT2D eigenvalue weighted by Gasteiger charge is 2.37. The maximum Gasteiger partial charge on any atom is 0.137 e. The van der Waals surface area contributed by atoms with Gasteiger partial charge in [0.25, 0.3) is 0 Å². The molecular weight excluding hydrogens is 685 g/mol. The summed E-state index contributed by atoms with van der Waals surface area (Å²) >= 11 is 0. The molecule has 2 saturated carbocycles. The fourth-order valence-corrected chi connectivity index (χ4v) is 10.6. The molecule has 0 aliphatic heterocycles. The normalized spacial score (nSPS) is 20.1. The maximum atomic E-state index is 6.90. The van der Waals surface area contributed by atoms with Crippen LogP contribution in [-0.4, -0.2) is 19.3 Å². The molecule has 290 valence electrons. The lowest BCUT2D eigenvalue weighted by atomic mass is 9.71. The summed E-state index contributed by atoms with van der Waals surface area (Å²) < 4.78 is 11.6. The largest absolute Gasteiger partial charge is 0.457 e. The molecule has 0 bridgehead atoms. The van der Waals surface area contributed by atoms with Crippen LogP contribution in [0, 0.1) is 12.8 Å². The number of allylic oxidation sites excluding steroid dienone is 2. The molecule has 2 atom stereocenters. The lowest BCUT2D eigenvalue weighted by Gasteiger charge is -2.33. The Morgan fingerprint density at radius 1 is 0.714 bits per heavy atom. The van der Waals surface area contributed by atoms with Gasteiger partial charge in [-0.1, -0.05) is 96.1 Å². The second-order valence-electron chi connectivity index (χ2n) is 18.5. The van der Waals surface area contributed by atoms with Gasteiger partial charge in [0.2, 0.25) is 0 Å². The highest BCUT2D eigenvalue weighted by Crippen LogP contribution is 2.49. The van der Waals surface area contributed by atoms with Crippen molar-refractivity contribution in [2.45, 2.75) is 142 Å². The van der Waals surface area contributed by atoms with E-state index in [0.717, 1.165) is 34.0 Å². The third kappa shape index (κ3) is 6.90. The van der Waals surface area contributed by atoms with Crippen molar-refractivity contribution in [1.82, 2.24) is 19.3 Å². The van der Waals surface area contributed by atoms with Crippen LogP contribution in [0.15, 0.2) is 90.6 Å². The van der Waals surface area contributed by atoms with Gasteiger partial charge >= 0.3 is 0 Å². The first-order valence-corrected chi connectivity index (χ1v) is 21.7. The van der Waals surface area contributed by atoms with E-state index in [0.29, 0.717) is 23.7 Å². The molecule has 3 aliphatic carbocycles. The Morgan fingerprint density at radius 2 is 1.45 bits per heavy atom. The van der Waals surface area contributed by atoms with Crippen LogP contribution >= 0.6 is 0 Å². The summed E-state index contributed by atoms with van der Waals surface area (Å²) in [5, 5.41) is 8.18. The Balaban J connectivity index is 1.17. The number of benzene rings is 3. The number of ether oxygens (including phenoxy) is 1. The Morgan fingerprint density at radius 3 is 2.20 bits per heavy atom. The average molecular weight is 745 g/mol. The minimum absolute atomic E-state index is 0.0150. The quantitative estimate of drug-likeness (QED) is 0.153. The van der Waals surface area contributed by atoms with E-state index < -0.39 is 0 Å². The molecule has 9 rings (SSSR count). The molecule has 5 heteroatoms. The molecule has 0 N–H and O–H groups in total. The molecule has 0 saturated heterocycles. The Kier molecular flexibility index (Phi) is 9.92. The second kappa shape index (κ2) is 15.0. The van der Waals surface area contributed by atoms with Crippen LogP contribution in [0.5, 0.6) is 11.5 Å². The van der Waals surface area contributed by atoms with E-state index in [2.05, 4.69) is 130 Å². The van der Waals surface area contributed by atoms with Crippen LogP contribution in [-0.2, 0) is 5.41 Å². The summed E-state index contributed by atoms with van der Waals surface area (Å²) in [6.45, 7) is 13.9. The fourth-order valence-electron chi connectivity index (χ4n) is 10.6. The summed E-state index contributed by atoms with van der Waals surface area (Å²) in [5.74, 6) is 4.74. The van der Waals surface area contributed by atoms with Gasteiger partial charge in [0.05, 0.1) is 28.1 Å². The van der Waals surface area contributed by atoms with E-state index >= 15 is 0 Å². The van der Waals surface area contributed by atoms with Crippen molar-refractivity contribution in [2.24, 2.45) is 5.92 Å². The number of para-hydroxylation sites is 1. The SMILES string of the molecule is CC1=CCC[C@H](C)[C@@H]1c1c(C2CCCCC2)nn(-c2cc(C)cc(Oc3ccc4c5ccccc5n(-c5cc(C(C)(C)C)ccn5)c4c3)c2)c1C1CCCCC1. The van der Waals surface area contributed by atoms with Crippen LogP contribution in [0.25, 0.3) is 33.3 Å². The number of aromatic nitrogens is 4. The van der Waals surface area contributed by atoms with Crippen molar-refractivity contribution in [3.05, 3.63) is 119 Å². The van der Waals surface area contributed by atoms with Gasteiger partial charge in [-0.3, -0.25) is 4.57 Å². The lowest BCUT2D eigenvalue weighted by molar-refractivity contribution is 0.406. The van der Waals surface area contributed by atoms with E-state index in [4.69, 9.17) is 14.8 Å². The first kappa shape index (κ1) is 37.0. The fraction of sp³-hybridized carbons (Fsp3) is 0.451. The zero-order valence-electron chi connectivity index (χ0n) is 34.6. The number of rotatable bonds is 7. The van der Waals surface area contributed by atoms with Crippen molar-refractivity contribution >= 4 is 21.8 Å². The van der Waals surface area contributed by atoms with Crippen molar-refractivity contribution in [2.75, 3.05) is 0 Å². The predicted molar refractivity (Wildman–Crippen MR) is 232 cm³/mol. The van der Waals surface area contributed by atoms with Gasteiger partial charge in [-0.25, -0.2) is 9.67 Å². The number of fused-ring (bicyclic) bond motifs is 3. The van der Waals surface area contributed by atoms with Gasteiger partial charge < -0.3 is 4.74 Å². The van der Waals surface area contributed by atoms with Crippen molar-refractivity contribution < 1.29 is 4.74 Å². The van der Waals surface area contributed by atoms with Gasteiger partial charge in [-0.15, -0.1) is 0 Å². The summed E-state index contributed by atoms with van der Waals surface area (Å²) in [4.78, 5) is 4.91. The summed E-state index contributed by atoms with van der Waals surface area (Å²) in [7, 11) is 0.